The summed E-state index contributed by atoms with van der Waals surface area (Å²) in [7, 11) is 0. The highest BCUT2D eigenvalue weighted by Gasteiger charge is 2.15. The van der Waals surface area contributed by atoms with Gasteiger partial charge in [0.1, 0.15) is 11.5 Å². The SMILES string of the molecule is O=C(N/N=C\c1cc(Br)c(Sc2ccc(Cl)cc2)o1)c1cc(Br)cc(Br)c1O. The third kappa shape index (κ3) is 5.42. The van der Waals surface area contributed by atoms with E-state index in [9.17, 15) is 9.90 Å². The Morgan fingerprint density at radius 1 is 1.14 bits per heavy atom. The molecule has 0 fully saturated rings. The summed E-state index contributed by atoms with van der Waals surface area (Å²) < 4.78 is 7.52. The van der Waals surface area contributed by atoms with Crippen molar-refractivity contribution in [2.45, 2.75) is 9.99 Å². The van der Waals surface area contributed by atoms with Crippen LogP contribution in [-0.4, -0.2) is 17.2 Å². The van der Waals surface area contributed by atoms with Gasteiger partial charge in [0.15, 0.2) is 5.09 Å². The number of nitrogens with zero attached hydrogens (tertiary/aromatic N) is 1. The Balaban J connectivity index is 1.68. The molecule has 0 aliphatic rings. The van der Waals surface area contributed by atoms with E-state index in [1.807, 2.05) is 12.1 Å². The van der Waals surface area contributed by atoms with Gasteiger partial charge in [0, 0.05) is 20.5 Å². The molecule has 0 saturated heterocycles. The predicted molar refractivity (Wildman–Crippen MR) is 121 cm³/mol. The number of phenolic OH excluding ortho intramolecular Hbond substituents is 1. The fourth-order valence-electron chi connectivity index (χ4n) is 2.07. The lowest BCUT2D eigenvalue weighted by Crippen LogP contribution is -2.17. The minimum absolute atomic E-state index is 0.0815. The number of halogens is 4. The van der Waals surface area contributed by atoms with Crippen LogP contribution in [0, 0.1) is 0 Å². The van der Waals surface area contributed by atoms with Gasteiger partial charge in [0.25, 0.3) is 5.91 Å². The Bertz CT molecular complexity index is 1050. The zero-order valence-corrected chi connectivity index (χ0v) is 20.1. The lowest BCUT2D eigenvalue weighted by Gasteiger charge is -2.05. The van der Waals surface area contributed by atoms with Crippen LogP contribution in [0.1, 0.15) is 16.1 Å². The first-order chi connectivity index (χ1) is 13.3. The molecule has 0 bridgehead atoms. The fraction of sp³-hybridized carbons (Fsp3) is 0. The summed E-state index contributed by atoms with van der Waals surface area (Å²) in [6.45, 7) is 0. The molecular weight excluding hydrogens is 599 g/mol. The Labute approximate surface area is 194 Å². The molecule has 0 aliphatic heterocycles. The molecule has 1 amide bonds. The van der Waals surface area contributed by atoms with E-state index < -0.39 is 5.91 Å². The zero-order valence-electron chi connectivity index (χ0n) is 13.7. The molecule has 1 aromatic heterocycles. The van der Waals surface area contributed by atoms with Gasteiger partial charge in [-0.05, 0) is 68.3 Å². The number of amides is 1. The quantitative estimate of drug-likeness (QED) is 0.246. The molecule has 0 atom stereocenters. The van der Waals surface area contributed by atoms with Gasteiger partial charge in [-0.25, -0.2) is 5.43 Å². The monoisotopic (exact) mass is 606 g/mol. The van der Waals surface area contributed by atoms with Gasteiger partial charge in [0.2, 0.25) is 0 Å². The maximum Gasteiger partial charge on any atom is 0.275 e. The maximum atomic E-state index is 12.2. The van der Waals surface area contributed by atoms with Gasteiger partial charge in [0.05, 0.1) is 20.7 Å². The first kappa shape index (κ1) is 21.4. The van der Waals surface area contributed by atoms with Gasteiger partial charge < -0.3 is 9.52 Å². The lowest BCUT2D eigenvalue weighted by molar-refractivity contribution is 0.0952. The van der Waals surface area contributed by atoms with Crippen molar-refractivity contribution in [1.29, 1.82) is 0 Å². The normalized spacial score (nSPS) is 11.1. The van der Waals surface area contributed by atoms with Crippen molar-refractivity contribution in [3.8, 4) is 5.75 Å². The van der Waals surface area contributed by atoms with E-state index in [2.05, 4.69) is 58.3 Å². The van der Waals surface area contributed by atoms with Crippen molar-refractivity contribution in [3.63, 3.8) is 0 Å². The largest absolute Gasteiger partial charge is 0.506 e. The fourth-order valence-corrected chi connectivity index (χ4v) is 4.75. The molecule has 0 aliphatic carbocycles. The van der Waals surface area contributed by atoms with Crippen LogP contribution in [0.25, 0.3) is 0 Å². The smallest absolute Gasteiger partial charge is 0.275 e. The molecule has 2 aromatic carbocycles. The van der Waals surface area contributed by atoms with E-state index in [1.54, 1.807) is 24.3 Å². The third-order valence-electron chi connectivity index (χ3n) is 3.33. The van der Waals surface area contributed by atoms with E-state index >= 15 is 0 Å². The highest BCUT2D eigenvalue weighted by atomic mass is 79.9. The van der Waals surface area contributed by atoms with Crippen LogP contribution in [0.15, 0.2) is 75.4 Å². The van der Waals surface area contributed by atoms with E-state index in [-0.39, 0.29) is 11.3 Å². The number of hydrogen-bond donors (Lipinski definition) is 2. The van der Waals surface area contributed by atoms with Crippen LogP contribution in [0.3, 0.4) is 0 Å². The van der Waals surface area contributed by atoms with Gasteiger partial charge in [-0.2, -0.15) is 5.10 Å². The van der Waals surface area contributed by atoms with Crippen LogP contribution in [0.2, 0.25) is 5.02 Å². The zero-order chi connectivity index (χ0) is 20.3. The summed E-state index contributed by atoms with van der Waals surface area (Å²) in [6, 6.07) is 12.2. The lowest BCUT2D eigenvalue weighted by atomic mass is 10.2. The van der Waals surface area contributed by atoms with Gasteiger partial charge in [-0.15, -0.1) is 0 Å². The third-order valence-corrected chi connectivity index (χ3v) is 6.49. The van der Waals surface area contributed by atoms with E-state index in [0.717, 1.165) is 9.37 Å². The summed E-state index contributed by atoms with van der Waals surface area (Å²) in [5, 5.41) is 15.2. The van der Waals surface area contributed by atoms with Crippen LogP contribution < -0.4 is 5.43 Å². The summed E-state index contributed by atoms with van der Waals surface area (Å²) in [5.74, 6) is -0.279. The van der Waals surface area contributed by atoms with Crippen molar-refractivity contribution in [3.05, 3.63) is 72.2 Å². The van der Waals surface area contributed by atoms with Gasteiger partial charge >= 0.3 is 0 Å². The molecule has 0 radical (unpaired) electrons. The minimum atomic E-state index is -0.558. The first-order valence-corrected chi connectivity index (χ1v) is 11.1. The predicted octanol–water partition coefficient (Wildman–Crippen LogP) is 6.84. The molecule has 5 nitrogen and oxygen atoms in total. The summed E-state index contributed by atoms with van der Waals surface area (Å²) in [4.78, 5) is 13.2. The maximum absolute atomic E-state index is 12.2. The average Bonchev–Trinajstić information content (AvgIpc) is 2.99. The number of furan rings is 1. The molecule has 144 valence electrons. The second kappa shape index (κ2) is 9.49. The van der Waals surface area contributed by atoms with Gasteiger partial charge in [-0.1, -0.05) is 39.3 Å². The molecule has 0 saturated carbocycles. The second-order valence-electron chi connectivity index (χ2n) is 5.32. The number of aromatic hydroxyl groups is 1. The molecule has 10 heteroatoms. The van der Waals surface area contributed by atoms with Crippen LogP contribution >= 0.6 is 71.2 Å². The van der Waals surface area contributed by atoms with Crippen molar-refractivity contribution in [2.24, 2.45) is 5.10 Å². The Hall–Kier alpha value is -1.26. The summed E-state index contributed by atoms with van der Waals surface area (Å²) in [5.41, 5.74) is 2.44. The standard InChI is InChI=1S/C18H10Br3ClN2O3S/c19-9-5-13(16(25)14(20)6-9)17(26)24-23-8-11-7-15(21)18(27-11)28-12-3-1-10(22)2-4-12/h1-8,25H,(H,24,26)/b23-8-. The average molecular weight is 610 g/mol. The number of hydrazone groups is 1. The Kier molecular flexibility index (Phi) is 7.27. The van der Waals surface area contributed by atoms with Crippen LogP contribution in [0.4, 0.5) is 0 Å². The summed E-state index contributed by atoms with van der Waals surface area (Å²) in [6.07, 6.45) is 1.37. The molecule has 2 N–H and O–H groups in total. The number of hydrogen-bond acceptors (Lipinski definition) is 5. The topological polar surface area (TPSA) is 74.8 Å². The minimum Gasteiger partial charge on any atom is -0.506 e. The van der Waals surface area contributed by atoms with E-state index in [0.29, 0.717) is 24.8 Å². The molecule has 3 rings (SSSR count). The Morgan fingerprint density at radius 3 is 2.57 bits per heavy atom. The highest BCUT2D eigenvalue weighted by Crippen LogP contribution is 2.36. The number of phenols is 1. The highest BCUT2D eigenvalue weighted by molar-refractivity contribution is 9.11. The van der Waals surface area contributed by atoms with Crippen molar-refractivity contribution in [2.75, 3.05) is 0 Å². The number of nitrogens with one attached hydrogen (secondary N) is 1. The molecular formula is C18H10Br3ClN2O3S. The number of carbonyl (C=O) groups excluding carboxylic acids is 1. The first-order valence-electron chi connectivity index (χ1n) is 7.57. The number of rotatable bonds is 5. The number of benzene rings is 2. The Morgan fingerprint density at radius 2 is 1.86 bits per heavy atom. The van der Waals surface area contributed by atoms with Crippen LogP contribution in [-0.2, 0) is 0 Å². The van der Waals surface area contributed by atoms with Gasteiger partial charge in [-0.3, -0.25) is 4.79 Å². The van der Waals surface area contributed by atoms with E-state index in [1.165, 1.54) is 24.0 Å². The molecule has 0 spiro atoms. The molecule has 3 aromatic rings. The van der Waals surface area contributed by atoms with Crippen molar-refractivity contribution >= 4 is 83.3 Å². The summed E-state index contributed by atoms with van der Waals surface area (Å²) >= 11 is 17.2. The van der Waals surface area contributed by atoms with Crippen molar-refractivity contribution in [1.82, 2.24) is 5.43 Å². The second-order valence-corrected chi connectivity index (χ2v) is 9.43. The number of carbonyl (C=O) groups is 1. The molecule has 28 heavy (non-hydrogen) atoms. The van der Waals surface area contributed by atoms with Crippen molar-refractivity contribution < 1.29 is 14.3 Å². The van der Waals surface area contributed by atoms with Crippen LogP contribution in [0.5, 0.6) is 5.75 Å². The molecule has 1 heterocycles. The molecule has 0 unspecified atom stereocenters. The van der Waals surface area contributed by atoms with E-state index in [4.69, 9.17) is 16.0 Å².